The van der Waals surface area contributed by atoms with Crippen molar-refractivity contribution in [1.82, 2.24) is 9.97 Å². The predicted octanol–water partition coefficient (Wildman–Crippen LogP) is 7.81. The molecule has 6 aromatic rings. The monoisotopic (exact) mass is 424 g/mol. The standard InChI is InChI=1S/C31H24N2/c1-20-16-21(2)18-22(17-20)19-25-11-13-28(27-8-4-3-7-26(25)27)29-14-12-24-10-9-23-6-5-15-32-30(23)31(24)33-29/h3-18H,19H2,1-2H3. The number of benzene rings is 4. The van der Waals surface area contributed by atoms with Gasteiger partial charge in [-0.05, 0) is 54.3 Å². The van der Waals surface area contributed by atoms with Crippen LogP contribution in [0.3, 0.4) is 0 Å². The molecule has 2 aromatic heterocycles. The molecule has 2 heterocycles. The lowest BCUT2D eigenvalue weighted by molar-refractivity contribution is 1.18. The largest absolute Gasteiger partial charge is 0.254 e. The highest BCUT2D eigenvalue weighted by Gasteiger charge is 2.11. The smallest absolute Gasteiger partial charge is 0.0972 e. The molecular weight excluding hydrogens is 400 g/mol. The van der Waals surface area contributed by atoms with E-state index in [1.54, 1.807) is 0 Å². The molecule has 0 aliphatic heterocycles. The molecule has 2 heteroatoms. The minimum Gasteiger partial charge on any atom is -0.254 e. The molecule has 0 fully saturated rings. The topological polar surface area (TPSA) is 25.8 Å². The Kier molecular flexibility index (Phi) is 4.66. The van der Waals surface area contributed by atoms with Gasteiger partial charge in [-0.3, -0.25) is 4.98 Å². The van der Waals surface area contributed by atoms with Crippen molar-refractivity contribution in [2.24, 2.45) is 0 Å². The van der Waals surface area contributed by atoms with E-state index in [0.29, 0.717) is 0 Å². The van der Waals surface area contributed by atoms with Crippen molar-refractivity contribution in [1.29, 1.82) is 0 Å². The summed E-state index contributed by atoms with van der Waals surface area (Å²) in [6.45, 7) is 4.34. The lowest BCUT2D eigenvalue weighted by atomic mass is 9.93. The lowest BCUT2D eigenvalue weighted by Gasteiger charge is -2.13. The van der Waals surface area contributed by atoms with Crippen LogP contribution in [-0.2, 0) is 6.42 Å². The first-order chi connectivity index (χ1) is 16.2. The summed E-state index contributed by atoms with van der Waals surface area (Å²) in [5.41, 5.74) is 9.36. The third-order valence-corrected chi connectivity index (χ3v) is 6.40. The summed E-state index contributed by atoms with van der Waals surface area (Å²) in [7, 11) is 0. The average Bonchev–Trinajstić information content (AvgIpc) is 2.83. The third-order valence-electron chi connectivity index (χ3n) is 6.40. The molecule has 0 bridgehead atoms. The normalized spacial score (nSPS) is 11.5. The number of hydrogen-bond donors (Lipinski definition) is 0. The Morgan fingerprint density at radius 3 is 2.18 bits per heavy atom. The third kappa shape index (κ3) is 3.54. The van der Waals surface area contributed by atoms with Crippen molar-refractivity contribution in [2.75, 3.05) is 0 Å². The van der Waals surface area contributed by atoms with Crippen LogP contribution in [0.5, 0.6) is 0 Å². The second-order valence-electron chi connectivity index (χ2n) is 8.90. The van der Waals surface area contributed by atoms with E-state index in [4.69, 9.17) is 4.98 Å². The second kappa shape index (κ2) is 7.83. The van der Waals surface area contributed by atoms with E-state index in [9.17, 15) is 0 Å². The van der Waals surface area contributed by atoms with Crippen LogP contribution >= 0.6 is 0 Å². The van der Waals surface area contributed by atoms with Gasteiger partial charge in [0.25, 0.3) is 0 Å². The molecular formula is C31H24N2. The summed E-state index contributed by atoms with van der Waals surface area (Å²) >= 11 is 0. The zero-order chi connectivity index (χ0) is 22.4. The van der Waals surface area contributed by atoms with Crippen LogP contribution in [0.25, 0.3) is 43.8 Å². The zero-order valence-corrected chi connectivity index (χ0v) is 18.8. The Morgan fingerprint density at radius 2 is 1.36 bits per heavy atom. The van der Waals surface area contributed by atoms with Crippen LogP contribution in [0, 0.1) is 13.8 Å². The quantitative estimate of drug-likeness (QED) is 0.271. The van der Waals surface area contributed by atoms with Gasteiger partial charge in [0.05, 0.1) is 16.7 Å². The first kappa shape index (κ1) is 19.6. The van der Waals surface area contributed by atoms with E-state index in [0.717, 1.165) is 39.5 Å². The molecule has 0 amide bonds. The van der Waals surface area contributed by atoms with Crippen molar-refractivity contribution in [3.8, 4) is 11.3 Å². The van der Waals surface area contributed by atoms with Gasteiger partial charge in [-0.2, -0.15) is 0 Å². The minimum atomic E-state index is 0.920. The molecule has 6 rings (SSSR count). The Morgan fingerprint density at radius 1 is 0.636 bits per heavy atom. The van der Waals surface area contributed by atoms with E-state index in [1.165, 1.54) is 33.0 Å². The fourth-order valence-electron chi connectivity index (χ4n) is 5.00. The van der Waals surface area contributed by atoms with Crippen molar-refractivity contribution < 1.29 is 0 Å². The molecule has 0 N–H and O–H groups in total. The van der Waals surface area contributed by atoms with Gasteiger partial charge in [0.1, 0.15) is 0 Å². The SMILES string of the molecule is Cc1cc(C)cc(Cc2ccc(-c3ccc4ccc5cccnc5c4n3)c3ccccc23)c1. The Labute approximate surface area is 193 Å². The van der Waals surface area contributed by atoms with Crippen LogP contribution in [-0.4, -0.2) is 9.97 Å². The highest BCUT2D eigenvalue weighted by Crippen LogP contribution is 2.33. The lowest BCUT2D eigenvalue weighted by Crippen LogP contribution is -1.94. The van der Waals surface area contributed by atoms with E-state index in [-0.39, 0.29) is 0 Å². The van der Waals surface area contributed by atoms with Crippen LogP contribution in [0.1, 0.15) is 22.3 Å². The number of fused-ring (bicyclic) bond motifs is 4. The van der Waals surface area contributed by atoms with E-state index >= 15 is 0 Å². The van der Waals surface area contributed by atoms with E-state index < -0.39 is 0 Å². The maximum atomic E-state index is 5.10. The zero-order valence-electron chi connectivity index (χ0n) is 18.8. The molecule has 0 atom stereocenters. The number of rotatable bonds is 3. The average molecular weight is 425 g/mol. The van der Waals surface area contributed by atoms with Crippen molar-refractivity contribution >= 4 is 32.6 Å². The summed E-state index contributed by atoms with van der Waals surface area (Å²) in [5.74, 6) is 0. The summed E-state index contributed by atoms with van der Waals surface area (Å²) < 4.78 is 0. The molecule has 0 saturated heterocycles. The van der Waals surface area contributed by atoms with Gasteiger partial charge in [0.15, 0.2) is 0 Å². The van der Waals surface area contributed by atoms with Gasteiger partial charge in [0, 0.05) is 22.5 Å². The van der Waals surface area contributed by atoms with Gasteiger partial charge < -0.3 is 0 Å². The van der Waals surface area contributed by atoms with E-state index in [2.05, 4.69) is 104 Å². The number of nitrogens with zero attached hydrogens (tertiary/aromatic N) is 2. The first-order valence-electron chi connectivity index (χ1n) is 11.4. The van der Waals surface area contributed by atoms with Gasteiger partial charge in [0.2, 0.25) is 0 Å². The number of aromatic nitrogens is 2. The van der Waals surface area contributed by atoms with Gasteiger partial charge in [-0.25, -0.2) is 4.98 Å². The molecule has 158 valence electrons. The summed E-state index contributed by atoms with van der Waals surface area (Å²) in [5, 5.41) is 4.75. The summed E-state index contributed by atoms with van der Waals surface area (Å²) in [4.78, 5) is 9.72. The number of pyridine rings is 2. The summed E-state index contributed by atoms with van der Waals surface area (Å²) in [6, 6.07) is 32.6. The van der Waals surface area contributed by atoms with Crippen molar-refractivity contribution in [2.45, 2.75) is 20.3 Å². The van der Waals surface area contributed by atoms with Crippen LogP contribution in [0.2, 0.25) is 0 Å². The Balaban J connectivity index is 1.52. The highest BCUT2D eigenvalue weighted by molar-refractivity contribution is 6.04. The fraction of sp³-hybridized carbons (Fsp3) is 0.0968. The van der Waals surface area contributed by atoms with Gasteiger partial charge in [-0.15, -0.1) is 0 Å². The molecule has 0 radical (unpaired) electrons. The maximum absolute atomic E-state index is 5.10. The second-order valence-corrected chi connectivity index (χ2v) is 8.90. The Hall–Kier alpha value is -4.04. The van der Waals surface area contributed by atoms with Crippen LogP contribution in [0.15, 0.2) is 97.2 Å². The minimum absolute atomic E-state index is 0.920. The number of aryl methyl sites for hydroxylation is 2. The Bertz CT molecular complexity index is 1640. The molecule has 0 saturated carbocycles. The molecule has 4 aromatic carbocycles. The van der Waals surface area contributed by atoms with Crippen LogP contribution in [0.4, 0.5) is 0 Å². The van der Waals surface area contributed by atoms with Gasteiger partial charge in [-0.1, -0.05) is 90.0 Å². The summed E-state index contributed by atoms with van der Waals surface area (Å²) in [6.07, 6.45) is 2.76. The maximum Gasteiger partial charge on any atom is 0.0972 e. The van der Waals surface area contributed by atoms with Crippen molar-refractivity contribution in [3.05, 3.63) is 119 Å². The molecule has 33 heavy (non-hydrogen) atoms. The first-order valence-corrected chi connectivity index (χ1v) is 11.4. The predicted molar refractivity (Wildman–Crippen MR) is 139 cm³/mol. The highest BCUT2D eigenvalue weighted by atomic mass is 14.8. The molecule has 2 nitrogen and oxygen atoms in total. The number of hydrogen-bond acceptors (Lipinski definition) is 2. The fourth-order valence-corrected chi connectivity index (χ4v) is 5.00. The molecule has 0 aliphatic rings. The van der Waals surface area contributed by atoms with E-state index in [1.807, 2.05) is 12.3 Å². The molecule has 0 aliphatic carbocycles. The van der Waals surface area contributed by atoms with Crippen LogP contribution < -0.4 is 0 Å². The van der Waals surface area contributed by atoms with Gasteiger partial charge >= 0.3 is 0 Å². The molecule has 0 unspecified atom stereocenters. The van der Waals surface area contributed by atoms with Crippen molar-refractivity contribution in [3.63, 3.8) is 0 Å². The molecule has 0 spiro atoms.